The molecule has 0 saturated heterocycles. The summed E-state index contributed by atoms with van der Waals surface area (Å²) < 4.78 is 0. The Hall–Kier alpha value is -2.34. The number of hydrogen-bond donors (Lipinski definition) is 0. The van der Waals surface area contributed by atoms with Crippen LogP contribution in [0.3, 0.4) is 0 Å². The van der Waals surface area contributed by atoms with Gasteiger partial charge in [-0.2, -0.15) is 0 Å². The summed E-state index contributed by atoms with van der Waals surface area (Å²) in [5.41, 5.74) is 5.09. The van der Waals surface area contributed by atoms with Crippen molar-refractivity contribution < 1.29 is 0 Å². The lowest BCUT2D eigenvalue weighted by atomic mass is 9.62. The highest BCUT2D eigenvalue weighted by molar-refractivity contribution is 5.53. The normalized spacial score (nSPS) is 14.2. The minimum Gasteiger partial charge on any atom is -0.0622 e. The smallest absolute Gasteiger partial charge is 0.0123 e. The van der Waals surface area contributed by atoms with Crippen LogP contribution in [0.15, 0.2) is 90.0 Å². The Morgan fingerprint density at radius 3 is 1.54 bits per heavy atom. The average Bonchev–Trinajstić information content (AvgIpc) is 3.10. The van der Waals surface area contributed by atoms with Crippen LogP contribution in [-0.2, 0) is 10.8 Å². The maximum Gasteiger partial charge on any atom is 0.0123 e. The van der Waals surface area contributed by atoms with Crippen LogP contribution in [-0.4, -0.2) is 0 Å². The first-order valence-corrected chi connectivity index (χ1v) is 8.57. The van der Waals surface area contributed by atoms with E-state index in [1.807, 2.05) is 6.08 Å². The summed E-state index contributed by atoms with van der Waals surface area (Å²) in [6.07, 6.45) is 9.73. The van der Waals surface area contributed by atoms with Crippen LogP contribution in [0.4, 0.5) is 0 Å². The Balaban J connectivity index is 2.22. The van der Waals surface area contributed by atoms with Gasteiger partial charge in [-0.1, -0.05) is 107 Å². The van der Waals surface area contributed by atoms with Gasteiger partial charge in [-0.25, -0.2) is 0 Å². The second kappa shape index (κ2) is 6.28. The minimum absolute atomic E-state index is 0.0918. The van der Waals surface area contributed by atoms with Gasteiger partial charge < -0.3 is 0 Å². The van der Waals surface area contributed by atoms with Crippen molar-refractivity contribution in [3.8, 4) is 0 Å². The summed E-state index contributed by atoms with van der Waals surface area (Å²) in [5, 5.41) is 0. The Morgan fingerprint density at radius 2 is 1.17 bits per heavy atom. The molecule has 0 atom stereocenters. The standard InChI is InChI=1S/C24H25/c1-23(2,20-15-7-5-8-16-20)22(19-13-11-12-14-19)24(3,4)21-17-9-6-10-18-21/h5-13,15-18H,1-4H3. The molecule has 3 rings (SSSR count). The summed E-state index contributed by atoms with van der Waals surface area (Å²) in [6, 6.07) is 21.6. The quantitative estimate of drug-likeness (QED) is 0.633. The second-order valence-electron chi connectivity index (χ2n) is 7.44. The fraction of sp³-hybridized carbons (Fsp3) is 0.250. The molecule has 0 saturated carbocycles. The van der Waals surface area contributed by atoms with Crippen LogP contribution >= 0.6 is 0 Å². The highest BCUT2D eigenvalue weighted by Gasteiger charge is 2.38. The maximum absolute atomic E-state index is 3.45. The van der Waals surface area contributed by atoms with E-state index < -0.39 is 0 Å². The first kappa shape index (κ1) is 16.5. The van der Waals surface area contributed by atoms with Crippen LogP contribution in [0.5, 0.6) is 0 Å². The zero-order chi connectivity index (χ0) is 17.2. The molecular weight excluding hydrogens is 288 g/mol. The first-order chi connectivity index (χ1) is 11.4. The second-order valence-corrected chi connectivity index (χ2v) is 7.44. The molecule has 2 aromatic carbocycles. The molecule has 0 aromatic heterocycles. The van der Waals surface area contributed by atoms with Crippen molar-refractivity contribution >= 4 is 0 Å². The van der Waals surface area contributed by atoms with Gasteiger partial charge in [0.05, 0.1) is 0 Å². The summed E-state index contributed by atoms with van der Waals surface area (Å²) in [7, 11) is 0. The molecule has 0 amide bonds. The Labute approximate surface area is 146 Å². The Bertz CT molecular complexity index is 717. The van der Waals surface area contributed by atoms with E-state index in [0.29, 0.717) is 0 Å². The summed E-state index contributed by atoms with van der Waals surface area (Å²) >= 11 is 0. The summed E-state index contributed by atoms with van der Waals surface area (Å²) in [4.78, 5) is 0. The van der Waals surface area contributed by atoms with E-state index in [-0.39, 0.29) is 10.8 Å². The molecule has 0 aliphatic heterocycles. The van der Waals surface area contributed by atoms with Gasteiger partial charge in [-0.15, -0.1) is 0 Å². The van der Waals surface area contributed by atoms with Crippen molar-refractivity contribution in [2.24, 2.45) is 0 Å². The van der Waals surface area contributed by atoms with Gasteiger partial charge in [0.25, 0.3) is 0 Å². The molecule has 24 heavy (non-hydrogen) atoms. The van der Waals surface area contributed by atoms with Crippen molar-refractivity contribution in [1.29, 1.82) is 0 Å². The Morgan fingerprint density at radius 1 is 0.708 bits per heavy atom. The fourth-order valence-corrected chi connectivity index (χ4v) is 3.94. The molecule has 0 fully saturated rings. The van der Waals surface area contributed by atoms with E-state index in [1.54, 1.807) is 0 Å². The predicted molar refractivity (Wildman–Crippen MR) is 103 cm³/mol. The Kier molecular flexibility index (Phi) is 4.32. The van der Waals surface area contributed by atoms with Gasteiger partial charge in [0, 0.05) is 10.8 Å². The van der Waals surface area contributed by atoms with E-state index in [2.05, 4.69) is 107 Å². The van der Waals surface area contributed by atoms with Crippen LogP contribution in [0, 0.1) is 6.08 Å². The van der Waals surface area contributed by atoms with Crippen molar-refractivity contribution in [3.05, 3.63) is 107 Å². The van der Waals surface area contributed by atoms with Gasteiger partial charge in [0.1, 0.15) is 0 Å². The van der Waals surface area contributed by atoms with Gasteiger partial charge in [0.15, 0.2) is 0 Å². The summed E-state index contributed by atoms with van der Waals surface area (Å²) in [5.74, 6) is 0. The van der Waals surface area contributed by atoms with E-state index in [0.717, 1.165) is 0 Å². The van der Waals surface area contributed by atoms with Gasteiger partial charge >= 0.3 is 0 Å². The van der Waals surface area contributed by atoms with Crippen molar-refractivity contribution in [2.75, 3.05) is 0 Å². The highest BCUT2D eigenvalue weighted by Crippen LogP contribution is 2.46. The SMILES string of the molecule is CC(C)(C(=C1[C]=CC=C1)C(C)(C)c1ccccc1)c1ccccc1. The minimum atomic E-state index is -0.0918. The first-order valence-electron chi connectivity index (χ1n) is 8.57. The molecule has 0 spiro atoms. The number of hydrogen-bond acceptors (Lipinski definition) is 0. The van der Waals surface area contributed by atoms with Crippen molar-refractivity contribution in [2.45, 2.75) is 38.5 Å². The number of benzene rings is 2. The highest BCUT2D eigenvalue weighted by atomic mass is 14.4. The molecule has 1 aliphatic rings. The maximum atomic E-state index is 3.45. The molecule has 1 aliphatic carbocycles. The fourth-order valence-electron chi connectivity index (χ4n) is 3.94. The van der Waals surface area contributed by atoms with Crippen molar-refractivity contribution in [1.82, 2.24) is 0 Å². The molecular formula is C24H25. The van der Waals surface area contributed by atoms with E-state index >= 15 is 0 Å². The molecule has 0 heteroatoms. The van der Waals surface area contributed by atoms with E-state index in [9.17, 15) is 0 Å². The molecule has 0 unspecified atom stereocenters. The lowest BCUT2D eigenvalue weighted by Crippen LogP contribution is -2.34. The van der Waals surface area contributed by atoms with Crippen LogP contribution in [0.2, 0.25) is 0 Å². The lowest BCUT2D eigenvalue weighted by Gasteiger charge is -2.41. The predicted octanol–water partition coefficient (Wildman–Crippen LogP) is 6.17. The van der Waals surface area contributed by atoms with E-state index in [4.69, 9.17) is 0 Å². The molecule has 1 radical (unpaired) electrons. The largest absolute Gasteiger partial charge is 0.0622 e. The zero-order valence-electron chi connectivity index (χ0n) is 15.0. The third kappa shape index (κ3) is 2.89. The molecule has 121 valence electrons. The van der Waals surface area contributed by atoms with Gasteiger partial charge in [-0.3, -0.25) is 0 Å². The monoisotopic (exact) mass is 313 g/mol. The van der Waals surface area contributed by atoms with Gasteiger partial charge in [0.2, 0.25) is 0 Å². The molecule has 0 bridgehead atoms. The van der Waals surface area contributed by atoms with Gasteiger partial charge in [-0.05, 0) is 28.3 Å². The van der Waals surface area contributed by atoms with Crippen LogP contribution < -0.4 is 0 Å². The van der Waals surface area contributed by atoms with Crippen LogP contribution in [0.25, 0.3) is 0 Å². The van der Waals surface area contributed by atoms with Crippen LogP contribution in [0.1, 0.15) is 38.8 Å². The van der Waals surface area contributed by atoms with Crippen molar-refractivity contribution in [3.63, 3.8) is 0 Å². The summed E-state index contributed by atoms with van der Waals surface area (Å²) in [6.45, 7) is 9.29. The van der Waals surface area contributed by atoms with E-state index in [1.165, 1.54) is 22.3 Å². The topological polar surface area (TPSA) is 0 Å². The zero-order valence-corrected chi connectivity index (χ0v) is 15.0. The average molecular weight is 313 g/mol. The molecule has 0 N–H and O–H groups in total. The molecule has 2 aromatic rings. The molecule has 0 heterocycles. The lowest BCUT2D eigenvalue weighted by molar-refractivity contribution is 0.481. The third-order valence-corrected chi connectivity index (χ3v) is 5.11. The number of rotatable bonds is 4. The third-order valence-electron chi connectivity index (χ3n) is 5.11. The number of allylic oxidation sites excluding steroid dienone is 6. The molecule has 0 nitrogen and oxygen atoms in total.